The van der Waals surface area contributed by atoms with Gasteiger partial charge in [0.15, 0.2) is 0 Å². The molecule has 1 aromatic rings. The van der Waals surface area contributed by atoms with Gasteiger partial charge in [-0.1, -0.05) is 25.5 Å². The van der Waals surface area contributed by atoms with Crippen molar-refractivity contribution < 1.29 is 4.74 Å². The van der Waals surface area contributed by atoms with Crippen LogP contribution < -0.4 is 10.5 Å². The van der Waals surface area contributed by atoms with Gasteiger partial charge in [0.05, 0.1) is 11.8 Å². The Bertz CT molecular complexity index is 260. The number of hydrogen-bond acceptors (Lipinski definition) is 2. The number of benzene rings is 1. The van der Waals surface area contributed by atoms with E-state index in [9.17, 15) is 0 Å². The highest BCUT2D eigenvalue weighted by molar-refractivity contribution is 5.51. The molecule has 0 aliphatic rings. The van der Waals surface area contributed by atoms with Crippen LogP contribution in [0.1, 0.15) is 26.7 Å². The lowest BCUT2D eigenvalue weighted by Crippen LogP contribution is -2.11. The Kier molecular flexibility index (Phi) is 3.62. The van der Waals surface area contributed by atoms with E-state index in [1.165, 1.54) is 0 Å². The van der Waals surface area contributed by atoms with E-state index in [0.717, 1.165) is 18.6 Å². The number of nitrogen functional groups attached to an aromatic ring is 1. The zero-order valence-electron chi connectivity index (χ0n) is 8.29. The van der Waals surface area contributed by atoms with Gasteiger partial charge in [0.2, 0.25) is 0 Å². The standard InChI is InChI=1S/C11H17NO/c1-3-6-9(2)13-11-8-5-4-7-10(11)12/h4-5,7-9H,3,6,12H2,1-2H3. The molecule has 0 saturated carbocycles. The van der Waals surface area contributed by atoms with Crippen LogP contribution in [-0.2, 0) is 0 Å². The first-order valence-electron chi connectivity index (χ1n) is 4.75. The third-order valence-corrected chi connectivity index (χ3v) is 1.94. The van der Waals surface area contributed by atoms with E-state index in [-0.39, 0.29) is 6.10 Å². The number of para-hydroxylation sites is 2. The Labute approximate surface area is 79.7 Å². The smallest absolute Gasteiger partial charge is 0.142 e. The molecule has 2 N–H and O–H groups in total. The van der Waals surface area contributed by atoms with Crippen molar-refractivity contribution in [3.63, 3.8) is 0 Å². The van der Waals surface area contributed by atoms with Crippen LogP contribution >= 0.6 is 0 Å². The average molecular weight is 179 g/mol. The summed E-state index contributed by atoms with van der Waals surface area (Å²) in [5, 5.41) is 0. The number of rotatable bonds is 4. The molecule has 2 heteroatoms. The molecule has 0 heterocycles. The number of hydrogen-bond donors (Lipinski definition) is 1. The van der Waals surface area contributed by atoms with Gasteiger partial charge in [-0.3, -0.25) is 0 Å². The zero-order chi connectivity index (χ0) is 9.68. The maximum atomic E-state index is 5.74. The van der Waals surface area contributed by atoms with E-state index in [1.54, 1.807) is 0 Å². The molecule has 0 saturated heterocycles. The second-order valence-electron chi connectivity index (χ2n) is 3.25. The lowest BCUT2D eigenvalue weighted by Gasteiger charge is -2.14. The molecule has 1 atom stereocenters. The largest absolute Gasteiger partial charge is 0.489 e. The fourth-order valence-electron chi connectivity index (χ4n) is 1.27. The Morgan fingerprint density at radius 1 is 1.38 bits per heavy atom. The summed E-state index contributed by atoms with van der Waals surface area (Å²) >= 11 is 0. The van der Waals surface area contributed by atoms with Crippen molar-refractivity contribution in [2.75, 3.05) is 5.73 Å². The lowest BCUT2D eigenvalue weighted by atomic mass is 10.2. The summed E-state index contributed by atoms with van der Waals surface area (Å²) in [7, 11) is 0. The third kappa shape index (κ3) is 2.98. The van der Waals surface area contributed by atoms with Gasteiger partial charge >= 0.3 is 0 Å². The van der Waals surface area contributed by atoms with Crippen molar-refractivity contribution >= 4 is 5.69 Å². The minimum absolute atomic E-state index is 0.245. The molecule has 0 radical (unpaired) electrons. The second kappa shape index (κ2) is 4.75. The molecule has 0 fully saturated rings. The third-order valence-electron chi connectivity index (χ3n) is 1.94. The molecule has 0 spiro atoms. The molecule has 72 valence electrons. The summed E-state index contributed by atoms with van der Waals surface area (Å²) in [5.41, 5.74) is 6.45. The normalized spacial score (nSPS) is 12.5. The van der Waals surface area contributed by atoms with Gasteiger partial charge in [0, 0.05) is 0 Å². The lowest BCUT2D eigenvalue weighted by molar-refractivity contribution is 0.211. The van der Waals surface area contributed by atoms with Crippen LogP contribution in [0.2, 0.25) is 0 Å². The van der Waals surface area contributed by atoms with E-state index in [2.05, 4.69) is 13.8 Å². The number of ether oxygens (including phenoxy) is 1. The maximum Gasteiger partial charge on any atom is 0.142 e. The molecule has 1 rings (SSSR count). The van der Waals surface area contributed by atoms with Gasteiger partial charge in [-0.05, 0) is 25.5 Å². The van der Waals surface area contributed by atoms with E-state index >= 15 is 0 Å². The van der Waals surface area contributed by atoms with Gasteiger partial charge in [0.25, 0.3) is 0 Å². The van der Waals surface area contributed by atoms with Crippen LogP contribution in [0.5, 0.6) is 5.75 Å². The van der Waals surface area contributed by atoms with Crippen LogP contribution in [-0.4, -0.2) is 6.10 Å². The van der Waals surface area contributed by atoms with E-state index in [0.29, 0.717) is 5.69 Å². The van der Waals surface area contributed by atoms with Gasteiger partial charge in [-0.25, -0.2) is 0 Å². The summed E-state index contributed by atoms with van der Waals surface area (Å²) < 4.78 is 5.66. The van der Waals surface area contributed by atoms with E-state index in [1.807, 2.05) is 24.3 Å². The Morgan fingerprint density at radius 2 is 2.08 bits per heavy atom. The maximum absolute atomic E-state index is 5.74. The number of anilines is 1. The second-order valence-corrected chi connectivity index (χ2v) is 3.25. The fourth-order valence-corrected chi connectivity index (χ4v) is 1.27. The molecule has 2 nitrogen and oxygen atoms in total. The fraction of sp³-hybridized carbons (Fsp3) is 0.455. The molecule has 0 bridgehead atoms. The first-order valence-corrected chi connectivity index (χ1v) is 4.75. The minimum Gasteiger partial charge on any atom is -0.489 e. The predicted octanol–water partition coefficient (Wildman–Crippen LogP) is 2.84. The molecule has 1 unspecified atom stereocenters. The highest BCUT2D eigenvalue weighted by Gasteiger charge is 2.04. The van der Waals surface area contributed by atoms with Gasteiger partial charge in [-0.2, -0.15) is 0 Å². The predicted molar refractivity (Wildman–Crippen MR) is 55.9 cm³/mol. The van der Waals surface area contributed by atoms with Crippen molar-refractivity contribution in [2.45, 2.75) is 32.8 Å². The zero-order valence-corrected chi connectivity index (χ0v) is 8.29. The van der Waals surface area contributed by atoms with Crippen molar-refractivity contribution in [2.24, 2.45) is 0 Å². The molecular weight excluding hydrogens is 162 g/mol. The summed E-state index contributed by atoms with van der Waals surface area (Å²) in [6.45, 7) is 4.21. The van der Waals surface area contributed by atoms with Gasteiger partial charge in [-0.15, -0.1) is 0 Å². The van der Waals surface area contributed by atoms with Crippen LogP contribution in [0, 0.1) is 0 Å². The first kappa shape index (κ1) is 9.90. The van der Waals surface area contributed by atoms with Crippen molar-refractivity contribution in [3.05, 3.63) is 24.3 Å². The minimum atomic E-state index is 0.245. The molecule has 0 aliphatic carbocycles. The van der Waals surface area contributed by atoms with Crippen molar-refractivity contribution in [3.8, 4) is 5.75 Å². The molecule has 13 heavy (non-hydrogen) atoms. The van der Waals surface area contributed by atoms with Crippen LogP contribution in [0.25, 0.3) is 0 Å². The highest BCUT2D eigenvalue weighted by atomic mass is 16.5. The first-order chi connectivity index (χ1) is 6.24. The van der Waals surface area contributed by atoms with Crippen LogP contribution in [0.15, 0.2) is 24.3 Å². The molecule has 1 aromatic carbocycles. The van der Waals surface area contributed by atoms with E-state index in [4.69, 9.17) is 10.5 Å². The molecular formula is C11H17NO. The Morgan fingerprint density at radius 3 is 2.69 bits per heavy atom. The number of nitrogens with two attached hydrogens (primary N) is 1. The average Bonchev–Trinajstić information content (AvgIpc) is 2.09. The van der Waals surface area contributed by atoms with Crippen molar-refractivity contribution in [1.82, 2.24) is 0 Å². The Hall–Kier alpha value is -1.18. The molecule has 0 aromatic heterocycles. The monoisotopic (exact) mass is 179 g/mol. The quantitative estimate of drug-likeness (QED) is 0.721. The van der Waals surface area contributed by atoms with E-state index < -0.39 is 0 Å². The molecule has 0 aliphatic heterocycles. The Balaban J connectivity index is 2.58. The molecule has 0 amide bonds. The summed E-state index contributed by atoms with van der Waals surface area (Å²) in [6.07, 6.45) is 2.44. The topological polar surface area (TPSA) is 35.2 Å². The van der Waals surface area contributed by atoms with Gasteiger partial charge in [0.1, 0.15) is 5.75 Å². The summed E-state index contributed by atoms with van der Waals surface area (Å²) in [4.78, 5) is 0. The van der Waals surface area contributed by atoms with Crippen LogP contribution in [0.4, 0.5) is 5.69 Å². The SMILES string of the molecule is CCCC(C)Oc1ccccc1N. The van der Waals surface area contributed by atoms with Crippen LogP contribution in [0.3, 0.4) is 0 Å². The highest BCUT2D eigenvalue weighted by Crippen LogP contribution is 2.21. The summed E-state index contributed by atoms with van der Waals surface area (Å²) in [6, 6.07) is 7.60. The summed E-state index contributed by atoms with van der Waals surface area (Å²) in [5.74, 6) is 0.795. The van der Waals surface area contributed by atoms with Gasteiger partial charge < -0.3 is 10.5 Å². The van der Waals surface area contributed by atoms with Crippen molar-refractivity contribution in [1.29, 1.82) is 0 Å².